The zero-order chi connectivity index (χ0) is 21.5. The lowest BCUT2D eigenvalue weighted by Gasteiger charge is -2.25. The Hall–Kier alpha value is -2.69. The SMILES string of the molecule is CC(C)CN(Cc1cccc(Oc2ccccc2)c1)C(=O)Nc1cccc(Cl)c1Cl. The van der Waals surface area contributed by atoms with E-state index in [-0.39, 0.29) is 6.03 Å². The monoisotopic (exact) mass is 442 g/mol. The van der Waals surface area contributed by atoms with Gasteiger partial charge in [0.1, 0.15) is 11.5 Å². The molecule has 0 heterocycles. The lowest BCUT2D eigenvalue weighted by atomic mass is 10.1. The van der Waals surface area contributed by atoms with Crippen LogP contribution in [0.4, 0.5) is 10.5 Å². The maximum absolute atomic E-state index is 13.0. The fourth-order valence-corrected chi connectivity index (χ4v) is 3.35. The van der Waals surface area contributed by atoms with E-state index in [2.05, 4.69) is 19.2 Å². The molecule has 0 aliphatic rings. The molecule has 0 aliphatic carbocycles. The van der Waals surface area contributed by atoms with Crippen molar-refractivity contribution >= 4 is 34.9 Å². The Balaban J connectivity index is 1.75. The maximum Gasteiger partial charge on any atom is 0.322 e. The summed E-state index contributed by atoms with van der Waals surface area (Å²) in [5.74, 6) is 1.79. The Morgan fingerprint density at radius 1 is 0.967 bits per heavy atom. The van der Waals surface area contributed by atoms with E-state index in [0.29, 0.717) is 34.7 Å². The Morgan fingerprint density at radius 2 is 1.67 bits per heavy atom. The molecule has 156 valence electrons. The zero-order valence-corrected chi connectivity index (χ0v) is 18.5. The van der Waals surface area contributed by atoms with Crippen molar-refractivity contribution in [1.82, 2.24) is 4.90 Å². The van der Waals surface area contributed by atoms with E-state index in [0.717, 1.165) is 17.1 Å². The number of nitrogens with one attached hydrogen (secondary N) is 1. The first-order chi connectivity index (χ1) is 14.4. The highest BCUT2D eigenvalue weighted by Crippen LogP contribution is 2.30. The van der Waals surface area contributed by atoms with Crippen LogP contribution < -0.4 is 10.1 Å². The molecule has 1 N–H and O–H groups in total. The number of amides is 2. The molecule has 0 unspecified atom stereocenters. The van der Waals surface area contributed by atoms with Gasteiger partial charge in [-0.25, -0.2) is 4.79 Å². The quantitative estimate of drug-likeness (QED) is 0.411. The van der Waals surface area contributed by atoms with Crippen LogP contribution in [0, 0.1) is 5.92 Å². The average Bonchev–Trinajstić information content (AvgIpc) is 2.71. The molecule has 2 amide bonds. The summed E-state index contributed by atoms with van der Waals surface area (Å²) in [5.41, 5.74) is 1.46. The average molecular weight is 443 g/mol. The summed E-state index contributed by atoms with van der Waals surface area (Å²) in [5, 5.41) is 3.60. The summed E-state index contributed by atoms with van der Waals surface area (Å²) < 4.78 is 5.92. The van der Waals surface area contributed by atoms with E-state index >= 15 is 0 Å². The molecule has 3 aromatic rings. The molecule has 0 aliphatic heterocycles. The van der Waals surface area contributed by atoms with Gasteiger partial charge in [0.25, 0.3) is 0 Å². The van der Waals surface area contributed by atoms with Crippen molar-refractivity contribution < 1.29 is 9.53 Å². The molecular weight excluding hydrogens is 419 g/mol. The number of rotatable bonds is 7. The number of carbonyl (C=O) groups is 1. The first-order valence-electron chi connectivity index (χ1n) is 9.74. The zero-order valence-electron chi connectivity index (χ0n) is 16.9. The number of para-hydroxylation sites is 1. The summed E-state index contributed by atoms with van der Waals surface area (Å²) in [7, 11) is 0. The minimum absolute atomic E-state index is 0.234. The van der Waals surface area contributed by atoms with Gasteiger partial charge in [-0.3, -0.25) is 0 Å². The Labute approximate surface area is 187 Å². The van der Waals surface area contributed by atoms with Crippen LogP contribution in [0.15, 0.2) is 72.8 Å². The fraction of sp³-hybridized carbons (Fsp3) is 0.208. The largest absolute Gasteiger partial charge is 0.457 e. The van der Waals surface area contributed by atoms with Crippen LogP contribution in [0.3, 0.4) is 0 Å². The van der Waals surface area contributed by atoms with Crippen LogP contribution in [0.1, 0.15) is 19.4 Å². The molecule has 0 saturated heterocycles. The Morgan fingerprint density at radius 3 is 2.40 bits per heavy atom. The van der Waals surface area contributed by atoms with Crippen molar-refractivity contribution in [3.63, 3.8) is 0 Å². The van der Waals surface area contributed by atoms with Gasteiger partial charge in [0, 0.05) is 13.1 Å². The molecule has 0 spiro atoms. The van der Waals surface area contributed by atoms with Crippen molar-refractivity contribution in [2.24, 2.45) is 5.92 Å². The van der Waals surface area contributed by atoms with Gasteiger partial charge < -0.3 is 15.0 Å². The molecule has 6 heteroatoms. The molecule has 0 aromatic heterocycles. The number of carbonyl (C=O) groups excluding carboxylic acids is 1. The number of anilines is 1. The molecule has 0 bridgehead atoms. The van der Waals surface area contributed by atoms with E-state index in [9.17, 15) is 4.79 Å². The minimum atomic E-state index is -0.234. The van der Waals surface area contributed by atoms with Gasteiger partial charge in [-0.15, -0.1) is 0 Å². The first-order valence-corrected chi connectivity index (χ1v) is 10.5. The van der Waals surface area contributed by atoms with Gasteiger partial charge >= 0.3 is 6.03 Å². The minimum Gasteiger partial charge on any atom is -0.457 e. The van der Waals surface area contributed by atoms with Crippen molar-refractivity contribution in [2.45, 2.75) is 20.4 Å². The standard InChI is InChI=1S/C24H24Cl2N2O2/c1-17(2)15-28(24(29)27-22-13-7-12-21(25)23(22)26)16-18-8-6-11-20(14-18)30-19-9-4-3-5-10-19/h3-14,17H,15-16H2,1-2H3,(H,27,29). The molecule has 0 saturated carbocycles. The van der Waals surface area contributed by atoms with Crippen molar-refractivity contribution in [2.75, 3.05) is 11.9 Å². The third-order valence-electron chi connectivity index (χ3n) is 4.32. The molecular formula is C24H24Cl2N2O2. The highest BCUT2D eigenvalue weighted by atomic mass is 35.5. The molecule has 0 fully saturated rings. The van der Waals surface area contributed by atoms with E-state index < -0.39 is 0 Å². The molecule has 3 rings (SSSR count). The topological polar surface area (TPSA) is 41.6 Å². The second-order valence-electron chi connectivity index (χ2n) is 7.37. The predicted octanol–water partition coefficient (Wildman–Crippen LogP) is 7.48. The summed E-state index contributed by atoms with van der Waals surface area (Å²) in [4.78, 5) is 14.7. The van der Waals surface area contributed by atoms with Crippen molar-refractivity contribution in [3.05, 3.63) is 88.4 Å². The normalized spacial score (nSPS) is 10.7. The number of nitrogens with zero attached hydrogens (tertiary/aromatic N) is 1. The van der Waals surface area contributed by atoms with Crippen LogP contribution >= 0.6 is 23.2 Å². The molecule has 30 heavy (non-hydrogen) atoms. The van der Waals surface area contributed by atoms with E-state index in [1.54, 1.807) is 23.1 Å². The first kappa shape index (κ1) is 22.0. The lowest BCUT2D eigenvalue weighted by Crippen LogP contribution is -2.37. The van der Waals surface area contributed by atoms with Crippen LogP contribution in [-0.2, 0) is 6.54 Å². The number of hydrogen-bond donors (Lipinski definition) is 1. The number of hydrogen-bond acceptors (Lipinski definition) is 2. The van der Waals surface area contributed by atoms with Crippen LogP contribution in [0.5, 0.6) is 11.5 Å². The second kappa shape index (κ2) is 10.4. The number of halogens is 2. The van der Waals surface area contributed by atoms with Crippen LogP contribution in [-0.4, -0.2) is 17.5 Å². The van der Waals surface area contributed by atoms with Gasteiger partial charge in [0.05, 0.1) is 15.7 Å². The predicted molar refractivity (Wildman–Crippen MR) is 124 cm³/mol. The second-order valence-corrected chi connectivity index (χ2v) is 8.15. The third-order valence-corrected chi connectivity index (χ3v) is 5.14. The van der Waals surface area contributed by atoms with Crippen molar-refractivity contribution in [3.8, 4) is 11.5 Å². The summed E-state index contributed by atoms with van der Waals surface area (Å²) in [6, 6.07) is 22.3. The summed E-state index contributed by atoms with van der Waals surface area (Å²) in [6.45, 7) is 5.17. The van der Waals surface area contributed by atoms with Gasteiger partial charge in [-0.05, 0) is 47.9 Å². The summed E-state index contributed by atoms with van der Waals surface area (Å²) in [6.07, 6.45) is 0. The third kappa shape index (κ3) is 6.15. The van der Waals surface area contributed by atoms with Gasteiger partial charge in [-0.2, -0.15) is 0 Å². The Kier molecular flexibility index (Phi) is 7.61. The number of urea groups is 1. The fourth-order valence-electron chi connectivity index (χ4n) is 3.01. The van der Waals surface area contributed by atoms with E-state index in [4.69, 9.17) is 27.9 Å². The van der Waals surface area contributed by atoms with Gasteiger partial charge in [0.2, 0.25) is 0 Å². The number of ether oxygens (including phenoxy) is 1. The highest BCUT2D eigenvalue weighted by molar-refractivity contribution is 6.43. The van der Waals surface area contributed by atoms with E-state index in [1.165, 1.54) is 0 Å². The smallest absolute Gasteiger partial charge is 0.322 e. The highest BCUT2D eigenvalue weighted by Gasteiger charge is 2.17. The van der Waals surface area contributed by atoms with E-state index in [1.807, 2.05) is 54.6 Å². The lowest BCUT2D eigenvalue weighted by molar-refractivity contribution is 0.201. The Bertz CT molecular complexity index is 994. The van der Waals surface area contributed by atoms with Crippen LogP contribution in [0.25, 0.3) is 0 Å². The van der Waals surface area contributed by atoms with Crippen LogP contribution in [0.2, 0.25) is 10.0 Å². The number of benzene rings is 3. The molecule has 4 nitrogen and oxygen atoms in total. The van der Waals surface area contributed by atoms with Gasteiger partial charge in [-0.1, -0.05) is 73.4 Å². The molecule has 0 radical (unpaired) electrons. The molecule has 3 aromatic carbocycles. The molecule has 0 atom stereocenters. The maximum atomic E-state index is 13.0. The summed E-state index contributed by atoms with van der Waals surface area (Å²) >= 11 is 12.3. The van der Waals surface area contributed by atoms with Crippen molar-refractivity contribution in [1.29, 1.82) is 0 Å². The van der Waals surface area contributed by atoms with Gasteiger partial charge in [0.15, 0.2) is 0 Å².